The summed E-state index contributed by atoms with van der Waals surface area (Å²) in [6.07, 6.45) is 0. The number of aromatic nitrogens is 3. The maximum atomic E-state index is 14.5. The van der Waals surface area contributed by atoms with E-state index in [0.717, 1.165) is 16.2 Å². The molecule has 9 heteroatoms. The summed E-state index contributed by atoms with van der Waals surface area (Å²) in [5, 5.41) is 2.51. The third-order valence-corrected chi connectivity index (χ3v) is 9.22. The van der Waals surface area contributed by atoms with Gasteiger partial charge in [0.1, 0.15) is 28.3 Å². The Morgan fingerprint density at radius 3 is 1.80 bits per heavy atom. The van der Waals surface area contributed by atoms with E-state index in [0.29, 0.717) is 56.4 Å². The highest BCUT2D eigenvalue weighted by Gasteiger charge is 2.34. The van der Waals surface area contributed by atoms with Crippen LogP contribution in [0.4, 0.5) is 0 Å². The van der Waals surface area contributed by atoms with E-state index in [2.05, 4.69) is 0 Å². The Hall–Kier alpha value is -5.72. The summed E-state index contributed by atoms with van der Waals surface area (Å²) in [7, 11) is -2.36. The molecule has 0 N–H and O–H groups in total. The maximum Gasteiger partial charge on any atom is 0.481 e. The quantitative estimate of drug-likeness (QED) is 0.131. The molecule has 0 atom stereocenters. The van der Waals surface area contributed by atoms with Gasteiger partial charge in [0.2, 0.25) is 0 Å². The van der Waals surface area contributed by atoms with Gasteiger partial charge in [-0.05, 0) is 60.7 Å². The minimum atomic E-state index is -3.99. The van der Waals surface area contributed by atoms with Crippen LogP contribution < -0.4 is 19.2 Å². The SMILES string of the molecule is COc1cccc2oc3ccc(-c4ccc5ccc6ccc(P(=O)(Oc7ccccc7)Oc7ccccc7)nc6c5n4)nc3c12. The third-order valence-electron chi connectivity index (χ3n) is 7.51. The fourth-order valence-corrected chi connectivity index (χ4v) is 6.88. The molecule has 8 rings (SSSR count). The van der Waals surface area contributed by atoms with Crippen molar-refractivity contribution < 1.29 is 22.8 Å². The predicted octanol–water partition coefficient (Wildman–Crippen LogP) is 8.73. The molecule has 8 aromatic rings. The molecule has 0 fully saturated rings. The summed E-state index contributed by atoms with van der Waals surface area (Å²) < 4.78 is 38.2. The van der Waals surface area contributed by atoms with Crippen molar-refractivity contribution in [3.63, 3.8) is 0 Å². The molecular weight excluding hydrogens is 585 g/mol. The summed E-state index contributed by atoms with van der Waals surface area (Å²) >= 11 is 0. The molecular formula is C36H24N3O5P. The number of benzene rings is 4. The zero-order chi connectivity index (χ0) is 30.4. The van der Waals surface area contributed by atoms with Crippen molar-refractivity contribution in [1.29, 1.82) is 0 Å². The Balaban J connectivity index is 1.28. The van der Waals surface area contributed by atoms with E-state index in [1.807, 2.05) is 97.1 Å². The molecule has 0 spiro atoms. The van der Waals surface area contributed by atoms with Gasteiger partial charge in [0.15, 0.2) is 11.0 Å². The number of hydrogen-bond acceptors (Lipinski definition) is 8. The van der Waals surface area contributed by atoms with Crippen molar-refractivity contribution in [2.75, 3.05) is 7.11 Å². The number of fused-ring (bicyclic) bond motifs is 6. The lowest BCUT2D eigenvalue weighted by molar-refractivity contribution is 0.398. The summed E-state index contributed by atoms with van der Waals surface area (Å²) in [6, 6.07) is 38.7. The van der Waals surface area contributed by atoms with Crippen LogP contribution in [0.25, 0.3) is 55.3 Å². The second kappa shape index (κ2) is 10.8. The molecule has 0 amide bonds. The molecule has 8 nitrogen and oxygen atoms in total. The highest BCUT2D eigenvalue weighted by atomic mass is 31.2. The predicted molar refractivity (Wildman–Crippen MR) is 175 cm³/mol. The van der Waals surface area contributed by atoms with Crippen LogP contribution in [0.1, 0.15) is 0 Å². The largest absolute Gasteiger partial charge is 0.496 e. The first-order valence-corrected chi connectivity index (χ1v) is 15.8. The van der Waals surface area contributed by atoms with E-state index in [4.69, 9.17) is 33.2 Å². The number of para-hydroxylation sites is 2. The first kappa shape index (κ1) is 26.9. The highest BCUT2D eigenvalue weighted by Crippen LogP contribution is 2.47. The Labute approximate surface area is 257 Å². The minimum absolute atomic E-state index is 0.166. The van der Waals surface area contributed by atoms with Crippen LogP contribution in [0.2, 0.25) is 0 Å². The van der Waals surface area contributed by atoms with Gasteiger partial charge < -0.3 is 18.2 Å². The number of nitrogens with zero attached hydrogens (tertiary/aromatic N) is 3. The topological polar surface area (TPSA) is 96.6 Å². The minimum Gasteiger partial charge on any atom is -0.496 e. The summed E-state index contributed by atoms with van der Waals surface area (Å²) in [6.45, 7) is 0. The highest BCUT2D eigenvalue weighted by molar-refractivity contribution is 7.62. The van der Waals surface area contributed by atoms with Crippen LogP contribution in [0.3, 0.4) is 0 Å². The third kappa shape index (κ3) is 4.82. The second-order valence-electron chi connectivity index (χ2n) is 10.4. The van der Waals surface area contributed by atoms with Crippen molar-refractivity contribution in [3.8, 4) is 28.6 Å². The molecule has 0 aliphatic heterocycles. The van der Waals surface area contributed by atoms with Crippen LogP contribution in [0.15, 0.2) is 132 Å². The molecule has 0 bridgehead atoms. The van der Waals surface area contributed by atoms with Crippen molar-refractivity contribution in [2.24, 2.45) is 0 Å². The maximum absolute atomic E-state index is 14.5. The molecule has 0 radical (unpaired) electrons. The fraction of sp³-hybridized carbons (Fsp3) is 0.0278. The average Bonchev–Trinajstić information content (AvgIpc) is 3.47. The second-order valence-corrected chi connectivity index (χ2v) is 12.2. The number of furan rings is 1. The Morgan fingerprint density at radius 1 is 0.556 bits per heavy atom. The van der Waals surface area contributed by atoms with Gasteiger partial charge >= 0.3 is 7.60 Å². The Kier molecular flexibility index (Phi) is 6.43. The molecule has 0 saturated heterocycles. The van der Waals surface area contributed by atoms with E-state index in [-0.39, 0.29) is 5.44 Å². The van der Waals surface area contributed by atoms with Crippen molar-refractivity contribution in [1.82, 2.24) is 15.0 Å². The molecule has 4 heterocycles. The first-order valence-electron chi connectivity index (χ1n) is 14.2. The number of ether oxygens (including phenoxy) is 1. The fourth-order valence-electron chi connectivity index (χ4n) is 5.37. The lowest BCUT2D eigenvalue weighted by Crippen LogP contribution is -2.18. The van der Waals surface area contributed by atoms with Gasteiger partial charge in [-0.1, -0.05) is 66.7 Å². The van der Waals surface area contributed by atoms with E-state index in [1.165, 1.54) is 0 Å². The zero-order valence-corrected chi connectivity index (χ0v) is 24.8. The molecule has 0 aliphatic rings. The normalized spacial score (nSPS) is 11.8. The van der Waals surface area contributed by atoms with Crippen LogP contribution in [0.5, 0.6) is 17.2 Å². The van der Waals surface area contributed by atoms with Crippen molar-refractivity contribution in [3.05, 3.63) is 127 Å². The molecule has 0 aliphatic carbocycles. The zero-order valence-electron chi connectivity index (χ0n) is 24.0. The number of methoxy groups -OCH3 is 1. The van der Waals surface area contributed by atoms with Gasteiger partial charge in [0, 0.05) is 10.8 Å². The standard InChI is InChI=1S/C36H24N3O5P/c1-41-29-13-8-14-30-33(29)36-31(42-30)21-20-28(38-36)27-19-17-23-15-16-24-18-22-32(39-35(24)34(23)37-27)45(40,43-25-9-4-2-5-10-25)44-26-11-6-3-7-12-26/h2-22H,1H3. The van der Waals surface area contributed by atoms with Crippen LogP contribution in [-0.4, -0.2) is 22.1 Å². The number of hydrogen-bond donors (Lipinski definition) is 0. The summed E-state index contributed by atoms with van der Waals surface area (Å²) in [5.41, 5.74) is 4.73. The first-order chi connectivity index (χ1) is 22.1. The number of rotatable bonds is 7. The van der Waals surface area contributed by atoms with E-state index >= 15 is 0 Å². The van der Waals surface area contributed by atoms with E-state index in [9.17, 15) is 4.57 Å². The van der Waals surface area contributed by atoms with Crippen LogP contribution in [0, 0.1) is 0 Å². The van der Waals surface area contributed by atoms with Gasteiger partial charge in [0.25, 0.3) is 0 Å². The molecule has 4 aromatic carbocycles. The van der Waals surface area contributed by atoms with Crippen LogP contribution in [-0.2, 0) is 4.57 Å². The Morgan fingerprint density at radius 2 is 1.13 bits per heavy atom. The van der Waals surface area contributed by atoms with Gasteiger partial charge in [-0.25, -0.2) is 19.5 Å². The Bertz CT molecular complexity index is 2370. The molecule has 4 aromatic heterocycles. The monoisotopic (exact) mass is 609 g/mol. The van der Waals surface area contributed by atoms with Gasteiger partial charge in [-0.15, -0.1) is 0 Å². The molecule has 0 unspecified atom stereocenters. The smallest absolute Gasteiger partial charge is 0.481 e. The summed E-state index contributed by atoms with van der Waals surface area (Å²) in [4.78, 5) is 14.8. The lowest BCUT2D eigenvalue weighted by Gasteiger charge is -2.20. The average molecular weight is 610 g/mol. The van der Waals surface area contributed by atoms with E-state index < -0.39 is 7.60 Å². The van der Waals surface area contributed by atoms with Crippen LogP contribution >= 0.6 is 7.60 Å². The van der Waals surface area contributed by atoms with Gasteiger partial charge in [-0.2, -0.15) is 0 Å². The lowest BCUT2D eigenvalue weighted by atomic mass is 10.1. The molecule has 0 saturated carbocycles. The molecule has 218 valence electrons. The van der Waals surface area contributed by atoms with Gasteiger partial charge in [0.05, 0.1) is 34.9 Å². The summed E-state index contributed by atoms with van der Waals surface area (Å²) in [5.74, 6) is 1.49. The van der Waals surface area contributed by atoms with Crippen molar-refractivity contribution >= 4 is 56.9 Å². The van der Waals surface area contributed by atoms with Gasteiger partial charge in [-0.3, -0.25) is 0 Å². The number of pyridine rings is 3. The molecule has 45 heavy (non-hydrogen) atoms. The van der Waals surface area contributed by atoms with E-state index in [1.54, 1.807) is 37.4 Å². The van der Waals surface area contributed by atoms with Crippen molar-refractivity contribution in [2.45, 2.75) is 0 Å².